The van der Waals surface area contributed by atoms with E-state index in [4.69, 9.17) is 0 Å². The Morgan fingerprint density at radius 2 is 1.67 bits per heavy atom. The van der Waals surface area contributed by atoms with Crippen LogP contribution in [0, 0.1) is 0 Å². The van der Waals surface area contributed by atoms with Crippen molar-refractivity contribution in [3.8, 4) is 0 Å². The molecular weight excluding hydrogens is 184 g/mol. The van der Waals surface area contributed by atoms with Crippen LogP contribution in [0.25, 0.3) is 10.8 Å². The molecule has 15 heavy (non-hydrogen) atoms. The van der Waals surface area contributed by atoms with Crippen LogP contribution in [0.3, 0.4) is 0 Å². The molecule has 1 heterocycles. The van der Waals surface area contributed by atoms with Crippen molar-refractivity contribution in [1.82, 2.24) is 5.32 Å². The normalized spacial score (nSPS) is 14.0. The van der Waals surface area contributed by atoms with Gasteiger partial charge in [0.25, 0.3) is 0 Å². The maximum atomic E-state index is 4.18. The van der Waals surface area contributed by atoms with Crippen LogP contribution in [-0.2, 0) is 0 Å². The van der Waals surface area contributed by atoms with Crippen molar-refractivity contribution in [3.63, 3.8) is 0 Å². The van der Waals surface area contributed by atoms with Crippen LogP contribution in [0.4, 0.5) is 0 Å². The number of hydrogen-bond acceptors (Lipinski definition) is 1. The smallest absolute Gasteiger partial charge is 0.159 e. The van der Waals surface area contributed by atoms with Gasteiger partial charge in [-0.25, -0.2) is 10.3 Å². The van der Waals surface area contributed by atoms with E-state index >= 15 is 0 Å². The Morgan fingerprint density at radius 3 is 2.47 bits per heavy atom. The molecule has 2 nitrogen and oxygen atoms in total. The van der Waals surface area contributed by atoms with Crippen molar-refractivity contribution in [2.75, 3.05) is 0 Å². The van der Waals surface area contributed by atoms with Gasteiger partial charge < -0.3 is 0 Å². The largest absolute Gasteiger partial charge is 0.235 e. The molecular formula is C13H9N2. The summed E-state index contributed by atoms with van der Waals surface area (Å²) >= 11 is 0. The third-order valence-electron chi connectivity index (χ3n) is 2.47. The van der Waals surface area contributed by atoms with Crippen molar-refractivity contribution in [1.29, 1.82) is 0 Å². The Bertz CT molecular complexity index is 568. The molecule has 0 aromatic heterocycles. The summed E-state index contributed by atoms with van der Waals surface area (Å²) in [5.41, 5.74) is 1.07. The maximum Gasteiger partial charge on any atom is 0.159 e. The van der Waals surface area contributed by atoms with E-state index in [0.717, 1.165) is 11.4 Å². The second kappa shape index (κ2) is 3.24. The molecule has 2 aromatic rings. The van der Waals surface area contributed by atoms with Gasteiger partial charge in [-0.05, 0) is 16.8 Å². The van der Waals surface area contributed by atoms with E-state index in [9.17, 15) is 0 Å². The lowest BCUT2D eigenvalue weighted by Gasteiger charge is -2.02. The zero-order valence-electron chi connectivity index (χ0n) is 8.09. The quantitative estimate of drug-likeness (QED) is 0.665. The Labute approximate surface area is 88.0 Å². The topological polar surface area (TPSA) is 26.5 Å². The molecule has 0 saturated carbocycles. The third kappa shape index (κ3) is 1.40. The van der Waals surface area contributed by atoms with Crippen LogP contribution >= 0.6 is 0 Å². The molecule has 0 saturated heterocycles. The van der Waals surface area contributed by atoms with Gasteiger partial charge in [0, 0.05) is 18.0 Å². The number of aliphatic imine (C=N–C) groups is 1. The fraction of sp³-hybridized carbons (Fsp3) is 0. The first-order valence-electron chi connectivity index (χ1n) is 4.86. The molecule has 0 atom stereocenters. The van der Waals surface area contributed by atoms with Crippen LogP contribution in [0.1, 0.15) is 5.56 Å². The van der Waals surface area contributed by atoms with Gasteiger partial charge in [0.2, 0.25) is 0 Å². The number of benzene rings is 2. The minimum absolute atomic E-state index is 0.792. The van der Waals surface area contributed by atoms with Gasteiger partial charge in [0.05, 0.1) is 0 Å². The van der Waals surface area contributed by atoms with E-state index in [0.29, 0.717) is 0 Å². The summed E-state index contributed by atoms with van der Waals surface area (Å²) in [5.74, 6) is 0.792. The zero-order chi connectivity index (χ0) is 10.1. The van der Waals surface area contributed by atoms with Crippen LogP contribution in [-0.4, -0.2) is 5.84 Å². The van der Waals surface area contributed by atoms with Gasteiger partial charge in [0.15, 0.2) is 5.84 Å². The van der Waals surface area contributed by atoms with Crippen molar-refractivity contribution in [3.05, 3.63) is 60.4 Å². The standard InChI is InChI=1S/C13H9N2/c1-2-4-11-9-12(6-5-10(11)3-1)13-14-7-8-15-13/h1-9H. The molecule has 0 unspecified atom stereocenters. The summed E-state index contributed by atoms with van der Waals surface area (Å²) in [4.78, 5) is 4.18. The molecule has 3 rings (SSSR count). The Kier molecular flexibility index (Phi) is 1.78. The second-order valence-electron chi connectivity index (χ2n) is 3.44. The molecule has 0 aliphatic carbocycles. The van der Waals surface area contributed by atoms with E-state index < -0.39 is 0 Å². The number of hydrogen-bond donors (Lipinski definition) is 0. The summed E-state index contributed by atoms with van der Waals surface area (Å²) in [6, 6.07) is 14.6. The average molecular weight is 193 g/mol. The van der Waals surface area contributed by atoms with Crippen molar-refractivity contribution in [2.24, 2.45) is 4.99 Å². The van der Waals surface area contributed by atoms with Crippen molar-refractivity contribution >= 4 is 16.6 Å². The maximum absolute atomic E-state index is 4.18. The van der Waals surface area contributed by atoms with Crippen LogP contribution in [0.15, 0.2) is 59.9 Å². The number of nitrogens with zero attached hydrogens (tertiary/aromatic N) is 2. The van der Waals surface area contributed by atoms with Crippen molar-refractivity contribution in [2.45, 2.75) is 0 Å². The zero-order valence-corrected chi connectivity index (χ0v) is 8.09. The molecule has 1 radical (unpaired) electrons. The molecule has 0 bridgehead atoms. The predicted molar refractivity (Wildman–Crippen MR) is 61.8 cm³/mol. The van der Waals surface area contributed by atoms with Gasteiger partial charge in [0.1, 0.15) is 0 Å². The van der Waals surface area contributed by atoms with Gasteiger partial charge in [-0.2, -0.15) is 0 Å². The summed E-state index contributed by atoms with van der Waals surface area (Å²) in [7, 11) is 0. The lowest BCUT2D eigenvalue weighted by Crippen LogP contribution is -2.07. The fourth-order valence-electron chi connectivity index (χ4n) is 1.72. The lowest BCUT2D eigenvalue weighted by atomic mass is 10.1. The first-order valence-corrected chi connectivity index (χ1v) is 4.86. The predicted octanol–water partition coefficient (Wildman–Crippen LogP) is 2.68. The average Bonchev–Trinajstić information content (AvgIpc) is 2.82. The van der Waals surface area contributed by atoms with E-state index in [1.54, 1.807) is 12.4 Å². The SMILES string of the molecule is C1=CN=C(c2ccc3ccccc3c2)[N]1. The molecule has 0 N–H and O–H groups in total. The molecule has 0 fully saturated rings. The number of fused-ring (bicyclic) bond motifs is 1. The van der Waals surface area contributed by atoms with E-state index in [1.165, 1.54) is 10.8 Å². The van der Waals surface area contributed by atoms with Crippen molar-refractivity contribution < 1.29 is 0 Å². The highest BCUT2D eigenvalue weighted by Crippen LogP contribution is 2.16. The molecule has 71 valence electrons. The van der Waals surface area contributed by atoms with E-state index in [2.05, 4.69) is 40.6 Å². The van der Waals surface area contributed by atoms with E-state index in [1.807, 2.05) is 12.1 Å². The first kappa shape index (κ1) is 8.24. The summed E-state index contributed by atoms with van der Waals surface area (Å²) in [6.07, 6.45) is 3.43. The highest BCUT2D eigenvalue weighted by atomic mass is 15.0. The van der Waals surface area contributed by atoms with Crippen LogP contribution in [0.2, 0.25) is 0 Å². The lowest BCUT2D eigenvalue weighted by molar-refractivity contribution is 1.29. The summed E-state index contributed by atoms with van der Waals surface area (Å²) in [5, 5.41) is 6.65. The third-order valence-corrected chi connectivity index (χ3v) is 2.47. The van der Waals surface area contributed by atoms with Crippen LogP contribution < -0.4 is 5.32 Å². The highest BCUT2D eigenvalue weighted by Gasteiger charge is 2.06. The monoisotopic (exact) mass is 193 g/mol. The minimum atomic E-state index is 0.792. The molecule has 0 spiro atoms. The highest BCUT2D eigenvalue weighted by molar-refractivity contribution is 6.03. The summed E-state index contributed by atoms with van der Waals surface area (Å²) in [6.45, 7) is 0. The van der Waals surface area contributed by atoms with Gasteiger partial charge >= 0.3 is 0 Å². The van der Waals surface area contributed by atoms with E-state index in [-0.39, 0.29) is 0 Å². The molecule has 0 amide bonds. The summed E-state index contributed by atoms with van der Waals surface area (Å²) < 4.78 is 0. The van der Waals surface area contributed by atoms with Gasteiger partial charge in [-0.1, -0.05) is 36.4 Å². The number of rotatable bonds is 1. The Morgan fingerprint density at radius 1 is 0.800 bits per heavy atom. The first-order chi connectivity index (χ1) is 7.43. The fourth-order valence-corrected chi connectivity index (χ4v) is 1.72. The Balaban J connectivity index is 2.14. The number of amidine groups is 1. The molecule has 2 heteroatoms. The van der Waals surface area contributed by atoms with Gasteiger partial charge in [-0.15, -0.1) is 0 Å². The Hall–Kier alpha value is -2.09. The molecule has 1 aliphatic heterocycles. The van der Waals surface area contributed by atoms with Gasteiger partial charge in [-0.3, -0.25) is 0 Å². The molecule has 1 aliphatic rings. The molecule has 2 aromatic carbocycles. The van der Waals surface area contributed by atoms with Crippen LogP contribution in [0.5, 0.6) is 0 Å². The minimum Gasteiger partial charge on any atom is -0.235 e. The second-order valence-corrected chi connectivity index (χ2v) is 3.44.